The van der Waals surface area contributed by atoms with Crippen LogP contribution in [0, 0.1) is 12.3 Å². The molecule has 0 aromatic heterocycles. The van der Waals surface area contributed by atoms with Crippen molar-refractivity contribution in [3.8, 4) is 12.3 Å². The number of piperidine rings is 1. The maximum atomic E-state index is 12.1. The van der Waals surface area contributed by atoms with E-state index in [1.807, 2.05) is 4.90 Å². The van der Waals surface area contributed by atoms with Gasteiger partial charge >= 0.3 is 0 Å². The zero-order valence-electron chi connectivity index (χ0n) is 11.1. The SMILES string of the molecule is C#CCOCC1CCCCN1C(=O)CCCN=[N+]=[N-]. The smallest absolute Gasteiger partial charge is 0.222 e. The molecule has 1 heterocycles. The topological polar surface area (TPSA) is 78.3 Å². The summed E-state index contributed by atoms with van der Waals surface area (Å²) in [7, 11) is 0. The Bertz CT molecular complexity index is 371. The number of hydrogen-bond acceptors (Lipinski definition) is 3. The average Bonchev–Trinajstić information content (AvgIpc) is 2.44. The first-order chi connectivity index (χ1) is 9.29. The molecular weight excluding hydrogens is 244 g/mol. The first-order valence-electron chi connectivity index (χ1n) is 6.61. The number of rotatable bonds is 7. The van der Waals surface area contributed by atoms with Crippen molar-refractivity contribution in [2.24, 2.45) is 5.11 Å². The highest BCUT2D eigenvalue weighted by atomic mass is 16.5. The maximum Gasteiger partial charge on any atom is 0.222 e. The fourth-order valence-corrected chi connectivity index (χ4v) is 2.25. The molecular formula is C13H20N4O2. The van der Waals surface area contributed by atoms with Crippen LogP contribution in [0.5, 0.6) is 0 Å². The number of hydrogen-bond donors (Lipinski definition) is 0. The number of nitrogens with zero attached hydrogens (tertiary/aromatic N) is 4. The van der Waals surface area contributed by atoms with E-state index in [1.54, 1.807) is 0 Å². The van der Waals surface area contributed by atoms with Crippen molar-refractivity contribution < 1.29 is 9.53 Å². The summed E-state index contributed by atoms with van der Waals surface area (Å²) in [5, 5.41) is 3.43. The van der Waals surface area contributed by atoms with Gasteiger partial charge in [0.1, 0.15) is 6.61 Å². The Morgan fingerprint density at radius 2 is 2.42 bits per heavy atom. The van der Waals surface area contributed by atoms with Crippen LogP contribution in [0.3, 0.4) is 0 Å². The molecule has 0 aromatic rings. The predicted octanol–water partition coefficient (Wildman–Crippen LogP) is 2.11. The Balaban J connectivity index is 2.39. The highest BCUT2D eigenvalue weighted by Gasteiger charge is 2.26. The van der Waals surface area contributed by atoms with Crippen LogP contribution in [-0.2, 0) is 9.53 Å². The van der Waals surface area contributed by atoms with Crippen LogP contribution in [0.4, 0.5) is 0 Å². The fourth-order valence-electron chi connectivity index (χ4n) is 2.25. The number of carbonyl (C=O) groups is 1. The number of ether oxygens (including phenoxy) is 1. The minimum absolute atomic E-state index is 0.113. The van der Waals surface area contributed by atoms with Gasteiger partial charge < -0.3 is 9.64 Å². The molecule has 1 saturated heterocycles. The third-order valence-electron chi connectivity index (χ3n) is 3.16. The lowest BCUT2D eigenvalue weighted by Gasteiger charge is -2.35. The molecule has 104 valence electrons. The molecule has 6 heteroatoms. The zero-order valence-corrected chi connectivity index (χ0v) is 11.1. The Morgan fingerprint density at radius 1 is 1.58 bits per heavy atom. The van der Waals surface area contributed by atoms with E-state index in [2.05, 4.69) is 15.9 Å². The highest BCUT2D eigenvalue weighted by molar-refractivity contribution is 5.76. The van der Waals surface area contributed by atoms with E-state index in [0.717, 1.165) is 25.8 Å². The molecule has 6 nitrogen and oxygen atoms in total. The molecule has 1 fully saturated rings. The minimum Gasteiger partial charge on any atom is -0.367 e. The average molecular weight is 264 g/mol. The van der Waals surface area contributed by atoms with Gasteiger partial charge in [-0.05, 0) is 31.2 Å². The molecule has 0 radical (unpaired) electrons. The van der Waals surface area contributed by atoms with Crippen molar-refractivity contribution in [3.63, 3.8) is 0 Å². The summed E-state index contributed by atoms with van der Waals surface area (Å²) >= 11 is 0. The maximum absolute atomic E-state index is 12.1. The lowest BCUT2D eigenvalue weighted by molar-refractivity contribution is -0.136. The Labute approximate surface area is 113 Å². The second-order valence-corrected chi connectivity index (χ2v) is 4.51. The van der Waals surface area contributed by atoms with Crippen LogP contribution in [0.15, 0.2) is 5.11 Å². The molecule has 0 N–H and O–H groups in total. The molecule has 1 rings (SSSR count). The van der Waals surface area contributed by atoms with E-state index >= 15 is 0 Å². The molecule has 0 spiro atoms. The van der Waals surface area contributed by atoms with Gasteiger partial charge in [0.15, 0.2) is 0 Å². The van der Waals surface area contributed by atoms with Gasteiger partial charge in [-0.1, -0.05) is 11.0 Å². The van der Waals surface area contributed by atoms with Gasteiger partial charge in [-0.15, -0.1) is 6.42 Å². The van der Waals surface area contributed by atoms with Crippen molar-refractivity contribution in [1.82, 2.24) is 4.90 Å². The van der Waals surface area contributed by atoms with E-state index in [-0.39, 0.29) is 18.6 Å². The summed E-state index contributed by atoms with van der Waals surface area (Å²) in [6, 6.07) is 0.133. The van der Waals surface area contributed by atoms with Gasteiger partial charge in [0.25, 0.3) is 0 Å². The quantitative estimate of drug-likeness (QED) is 0.232. The Morgan fingerprint density at radius 3 is 3.16 bits per heavy atom. The summed E-state index contributed by atoms with van der Waals surface area (Å²) in [6.07, 6.45) is 9.27. The van der Waals surface area contributed by atoms with E-state index in [0.29, 0.717) is 26.0 Å². The molecule has 1 aliphatic rings. The standard InChI is InChI=1S/C13H20N4O2/c1-2-10-19-11-12-6-3-4-9-17(12)13(18)7-5-8-15-16-14/h1,12H,3-11H2. The van der Waals surface area contributed by atoms with Gasteiger partial charge in [-0.2, -0.15) is 0 Å². The normalized spacial score (nSPS) is 18.5. The number of carbonyl (C=O) groups excluding carboxylic acids is 1. The lowest BCUT2D eigenvalue weighted by atomic mass is 10.0. The third kappa shape index (κ3) is 5.64. The van der Waals surface area contributed by atoms with Crippen molar-refractivity contribution >= 4 is 5.91 Å². The van der Waals surface area contributed by atoms with Gasteiger partial charge in [-0.25, -0.2) is 0 Å². The second kappa shape index (κ2) is 9.26. The van der Waals surface area contributed by atoms with Crippen LogP contribution >= 0.6 is 0 Å². The Kier molecular flexibility index (Phi) is 7.48. The van der Waals surface area contributed by atoms with E-state index in [1.165, 1.54) is 0 Å². The molecule has 0 bridgehead atoms. The van der Waals surface area contributed by atoms with Crippen LogP contribution in [0.2, 0.25) is 0 Å². The number of likely N-dealkylation sites (tertiary alicyclic amines) is 1. The summed E-state index contributed by atoms with van der Waals surface area (Å²) in [5.74, 6) is 2.54. The molecule has 19 heavy (non-hydrogen) atoms. The first-order valence-corrected chi connectivity index (χ1v) is 6.61. The van der Waals surface area contributed by atoms with Crippen molar-refractivity contribution in [2.75, 3.05) is 26.3 Å². The monoisotopic (exact) mass is 264 g/mol. The van der Waals surface area contributed by atoms with Crippen LogP contribution in [-0.4, -0.2) is 43.2 Å². The summed E-state index contributed by atoms with van der Waals surface area (Å²) in [5.41, 5.74) is 8.17. The molecule has 1 unspecified atom stereocenters. The van der Waals surface area contributed by atoms with Crippen LogP contribution in [0.25, 0.3) is 10.4 Å². The van der Waals surface area contributed by atoms with Crippen LogP contribution < -0.4 is 0 Å². The summed E-state index contributed by atoms with van der Waals surface area (Å²) < 4.78 is 5.35. The number of terminal acetylenes is 1. The van der Waals surface area contributed by atoms with Crippen molar-refractivity contribution in [1.29, 1.82) is 0 Å². The van der Waals surface area contributed by atoms with Gasteiger partial charge in [0, 0.05) is 24.4 Å². The number of amides is 1. The minimum atomic E-state index is 0.113. The van der Waals surface area contributed by atoms with E-state index in [4.69, 9.17) is 16.7 Å². The molecule has 1 aliphatic heterocycles. The van der Waals surface area contributed by atoms with E-state index in [9.17, 15) is 4.79 Å². The molecule has 1 amide bonds. The molecule has 0 aromatic carbocycles. The Hall–Kier alpha value is -1.70. The second-order valence-electron chi connectivity index (χ2n) is 4.51. The molecule has 1 atom stereocenters. The third-order valence-corrected chi connectivity index (χ3v) is 3.16. The highest BCUT2D eigenvalue weighted by Crippen LogP contribution is 2.18. The van der Waals surface area contributed by atoms with Gasteiger partial charge in [0.2, 0.25) is 5.91 Å². The van der Waals surface area contributed by atoms with E-state index < -0.39 is 0 Å². The number of azide groups is 1. The summed E-state index contributed by atoms with van der Waals surface area (Å²) in [6.45, 7) is 1.94. The van der Waals surface area contributed by atoms with Crippen LogP contribution in [0.1, 0.15) is 32.1 Å². The molecule has 0 aliphatic carbocycles. The first kappa shape index (κ1) is 15.4. The van der Waals surface area contributed by atoms with Crippen molar-refractivity contribution in [2.45, 2.75) is 38.1 Å². The zero-order chi connectivity index (χ0) is 13.9. The molecule has 0 saturated carbocycles. The fraction of sp³-hybridized carbons (Fsp3) is 0.769. The lowest BCUT2D eigenvalue weighted by Crippen LogP contribution is -2.46. The predicted molar refractivity (Wildman–Crippen MR) is 72.3 cm³/mol. The van der Waals surface area contributed by atoms with Gasteiger partial charge in [-0.3, -0.25) is 4.79 Å². The largest absolute Gasteiger partial charge is 0.367 e. The van der Waals surface area contributed by atoms with Crippen molar-refractivity contribution in [3.05, 3.63) is 10.4 Å². The summed E-state index contributed by atoms with van der Waals surface area (Å²) in [4.78, 5) is 16.7. The van der Waals surface area contributed by atoms with Gasteiger partial charge in [0.05, 0.1) is 12.6 Å².